The average Bonchev–Trinajstić information content (AvgIpc) is 2.54. The van der Waals surface area contributed by atoms with Crippen LogP contribution in [0.4, 0.5) is 10.1 Å². The summed E-state index contributed by atoms with van der Waals surface area (Å²) < 4.78 is 13.2. The number of nitro benzene ring substituents is 1. The third kappa shape index (κ3) is 3.88. The molecule has 2 aromatic carbocycles. The molecule has 2 aromatic rings. The largest absolute Gasteiger partial charge is 0.507 e. The summed E-state index contributed by atoms with van der Waals surface area (Å²) in [5.41, 5.74) is 2.63. The van der Waals surface area contributed by atoms with Gasteiger partial charge in [-0.25, -0.2) is 9.82 Å². The van der Waals surface area contributed by atoms with Gasteiger partial charge in [0.1, 0.15) is 11.6 Å². The first-order valence-corrected chi connectivity index (χ1v) is 6.46. The van der Waals surface area contributed by atoms with Crippen LogP contribution in [-0.2, 0) is 0 Å². The number of phenols is 1. The summed E-state index contributed by atoms with van der Waals surface area (Å²) in [4.78, 5) is 21.9. The number of rotatable bonds is 4. The van der Waals surface area contributed by atoms with Crippen LogP contribution in [0.3, 0.4) is 0 Å². The second kappa shape index (κ2) is 6.65. The molecule has 0 unspecified atom stereocenters. The number of carbonyl (C=O) groups excluding carboxylic acids is 1. The van der Waals surface area contributed by atoms with Crippen molar-refractivity contribution < 1.29 is 19.2 Å². The molecular weight excluding hydrogens is 305 g/mol. The molecule has 2 rings (SSSR count). The summed E-state index contributed by atoms with van der Waals surface area (Å²) in [6.45, 7) is 1.49. The molecule has 23 heavy (non-hydrogen) atoms. The van der Waals surface area contributed by atoms with Crippen LogP contribution >= 0.6 is 0 Å². The topological polar surface area (TPSA) is 105 Å². The molecule has 7 nitrogen and oxygen atoms in total. The molecule has 0 aromatic heterocycles. The molecule has 0 aliphatic heterocycles. The maximum Gasteiger partial charge on any atom is 0.271 e. The van der Waals surface area contributed by atoms with E-state index in [-0.39, 0.29) is 28.3 Å². The van der Waals surface area contributed by atoms with E-state index in [9.17, 15) is 24.4 Å². The molecule has 0 bridgehead atoms. The highest BCUT2D eigenvalue weighted by Crippen LogP contribution is 2.18. The van der Waals surface area contributed by atoms with Crippen LogP contribution in [-0.4, -0.2) is 21.6 Å². The lowest BCUT2D eigenvalue weighted by atomic mass is 10.1. The summed E-state index contributed by atoms with van der Waals surface area (Å²) in [6, 6.07) is 8.35. The van der Waals surface area contributed by atoms with E-state index in [4.69, 9.17) is 0 Å². The van der Waals surface area contributed by atoms with Gasteiger partial charge in [0, 0.05) is 23.3 Å². The van der Waals surface area contributed by atoms with Gasteiger partial charge in [-0.3, -0.25) is 14.9 Å². The smallest absolute Gasteiger partial charge is 0.271 e. The SMILES string of the molecule is C/C(=N\NC(=O)c1ccc([N+](=O)[O-])cc1)c1cc(F)ccc1O. The van der Waals surface area contributed by atoms with Crippen LogP contribution in [0.2, 0.25) is 0 Å². The van der Waals surface area contributed by atoms with Crippen LogP contribution in [0, 0.1) is 15.9 Å². The number of hydrazone groups is 1. The van der Waals surface area contributed by atoms with Gasteiger partial charge in [0.25, 0.3) is 11.6 Å². The second-order valence-corrected chi connectivity index (χ2v) is 4.60. The second-order valence-electron chi connectivity index (χ2n) is 4.60. The number of nitrogens with one attached hydrogen (secondary N) is 1. The summed E-state index contributed by atoms with van der Waals surface area (Å²) in [6.07, 6.45) is 0. The molecule has 0 aliphatic rings. The zero-order valence-electron chi connectivity index (χ0n) is 12.0. The first-order valence-electron chi connectivity index (χ1n) is 6.46. The van der Waals surface area contributed by atoms with Gasteiger partial charge in [-0.1, -0.05) is 0 Å². The zero-order chi connectivity index (χ0) is 17.0. The molecule has 0 radical (unpaired) electrons. The predicted molar refractivity (Wildman–Crippen MR) is 80.8 cm³/mol. The van der Waals surface area contributed by atoms with Crippen LogP contribution in [0.1, 0.15) is 22.8 Å². The molecule has 118 valence electrons. The number of carbonyl (C=O) groups is 1. The molecule has 8 heteroatoms. The van der Waals surface area contributed by atoms with Gasteiger partial charge in [0.2, 0.25) is 0 Å². The van der Waals surface area contributed by atoms with Gasteiger partial charge in [-0.05, 0) is 37.3 Å². The fraction of sp³-hybridized carbons (Fsp3) is 0.0667. The Morgan fingerprint density at radius 3 is 2.52 bits per heavy atom. The number of non-ortho nitro benzene ring substituents is 1. The van der Waals surface area contributed by atoms with Crippen molar-refractivity contribution in [2.45, 2.75) is 6.92 Å². The molecular formula is C15H12FN3O4. The predicted octanol–water partition coefficient (Wildman–Crippen LogP) is 2.59. The van der Waals surface area contributed by atoms with E-state index in [1.165, 1.54) is 37.3 Å². The number of hydrogen-bond donors (Lipinski definition) is 2. The number of aromatic hydroxyl groups is 1. The van der Waals surface area contributed by atoms with Gasteiger partial charge in [0.15, 0.2) is 0 Å². The summed E-state index contributed by atoms with van der Waals surface area (Å²) in [5, 5.41) is 24.0. The Bertz CT molecular complexity index is 788. The minimum absolute atomic E-state index is 0.133. The molecule has 0 heterocycles. The minimum Gasteiger partial charge on any atom is -0.507 e. The van der Waals surface area contributed by atoms with Crippen LogP contribution in [0.25, 0.3) is 0 Å². The average molecular weight is 317 g/mol. The molecule has 0 saturated heterocycles. The third-order valence-electron chi connectivity index (χ3n) is 3.01. The Labute approximate surface area is 130 Å². The Kier molecular flexibility index (Phi) is 4.65. The van der Waals surface area contributed by atoms with Gasteiger partial charge in [-0.15, -0.1) is 0 Å². The number of phenolic OH excluding ortho intramolecular Hbond substituents is 1. The summed E-state index contributed by atoms with van der Waals surface area (Å²) >= 11 is 0. The lowest BCUT2D eigenvalue weighted by Crippen LogP contribution is -2.19. The van der Waals surface area contributed by atoms with Crippen molar-refractivity contribution in [1.29, 1.82) is 0 Å². The van der Waals surface area contributed by atoms with Crippen molar-refractivity contribution in [2.75, 3.05) is 0 Å². The fourth-order valence-corrected chi connectivity index (χ4v) is 1.79. The molecule has 0 fully saturated rings. The molecule has 2 N–H and O–H groups in total. The van der Waals surface area contributed by atoms with Gasteiger partial charge in [0.05, 0.1) is 10.6 Å². The van der Waals surface area contributed by atoms with Gasteiger partial charge < -0.3 is 5.11 Å². The Balaban J connectivity index is 2.13. The molecule has 0 atom stereocenters. The van der Waals surface area contributed by atoms with Crippen LogP contribution in [0.5, 0.6) is 5.75 Å². The number of nitro groups is 1. The van der Waals surface area contributed by atoms with Crippen LogP contribution in [0.15, 0.2) is 47.6 Å². The number of hydrogen-bond acceptors (Lipinski definition) is 5. The normalized spacial score (nSPS) is 11.1. The van der Waals surface area contributed by atoms with Crippen molar-refractivity contribution in [3.63, 3.8) is 0 Å². The maximum absolute atomic E-state index is 13.2. The first-order chi connectivity index (χ1) is 10.9. The Morgan fingerprint density at radius 1 is 1.26 bits per heavy atom. The van der Waals surface area contributed by atoms with Gasteiger partial charge in [-0.2, -0.15) is 5.10 Å². The Morgan fingerprint density at radius 2 is 1.91 bits per heavy atom. The van der Waals surface area contributed by atoms with Crippen molar-refractivity contribution in [3.05, 3.63) is 69.5 Å². The summed E-state index contributed by atoms with van der Waals surface area (Å²) in [7, 11) is 0. The van der Waals surface area contributed by atoms with E-state index in [1.54, 1.807) is 0 Å². The van der Waals surface area contributed by atoms with E-state index in [1.807, 2.05) is 0 Å². The van der Waals surface area contributed by atoms with Crippen molar-refractivity contribution in [3.8, 4) is 5.75 Å². The molecule has 0 saturated carbocycles. The fourth-order valence-electron chi connectivity index (χ4n) is 1.79. The first kappa shape index (κ1) is 16.1. The maximum atomic E-state index is 13.2. The number of amides is 1. The third-order valence-corrected chi connectivity index (χ3v) is 3.01. The van der Waals surface area contributed by atoms with E-state index >= 15 is 0 Å². The quantitative estimate of drug-likeness (QED) is 0.513. The zero-order valence-corrected chi connectivity index (χ0v) is 12.0. The lowest BCUT2D eigenvalue weighted by molar-refractivity contribution is -0.384. The van der Waals surface area contributed by atoms with Crippen molar-refractivity contribution >= 4 is 17.3 Å². The van der Waals surface area contributed by atoms with Crippen LogP contribution < -0.4 is 5.43 Å². The highest BCUT2D eigenvalue weighted by atomic mass is 19.1. The van der Waals surface area contributed by atoms with E-state index in [2.05, 4.69) is 10.5 Å². The highest BCUT2D eigenvalue weighted by molar-refractivity contribution is 6.02. The van der Waals surface area contributed by atoms with E-state index < -0.39 is 16.6 Å². The van der Waals surface area contributed by atoms with Crippen molar-refractivity contribution in [1.82, 2.24) is 5.43 Å². The number of halogens is 1. The lowest BCUT2D eigenvalue weighted by Gasteiger charge is -2.05. The monoisotopic (exact) mass is 317 g/mol. The Hall–Kier alpha value is -3.29. The minimum atomic E-state index is -0.588. The molecule has 0 spiro atoms. The number of nitrogens with zero attached hydrogens (tertiary/aromatic N) is 2. The van der Waals surface area contributed by atoms with E-state index in [0.29, 0.717) is 0 Å². The molecule has 1 amide bonds. The van der Waals surface area contributed by atoms with Crippen molar-refractivity contribution in [2.24, 2.45) is 5.10 Å². The highest BCUT2D eigenvalue weighted by Gasteiger charge is 2.10. The van der Waals surface area contributed by atoms with Gasteiger partial charge >= 0.3 is 0 Å². The summed E-state index contributed by atoms with van der Waals surface area (Å²) in [5.74, 6) is -1.30. The number of benzene rings is 2. The van der Waals surface area contributed by atoms with E-state index in [0.717, 1.165) is 12.1 Å². The molecule has 0 aliphatic carbocycles. The standard InChI is InChI=1S/C15H12FN3O4/c1-9(13-8-11(16)4-7-14(13)20)17-18-15(21)10-2-5-12(6-3-10)19(22)23/h2-8,20H,1H3,(H,18,21)/b17-9+.